The molecule has 4 rings (SSSR count). The van der Waals surface area contributed by atoms with Crippen LogP contribution in [0, 0.1) is 6.92 Å². The highest BCUT2D eigenvalue weighted by atomic mass is 16.5. The number of anilines is 1. The molecule has 1 heterocycles. The standard InChI is InChI=1S/C27H22N2O6/c1-17-16-24(29-35-17)28-26(31)25(21-6-4-3-5-7-21)34-27(32)22-10-8-19(9-11-22)20-12-14-23(15-13-20)33-18(2)30/h3-16,25H,1-2H3,(H,28,29,31). The van der Waals surface area contributed by atoms with Gasteiger partial charge in [0.05, 0.1) is 5.56 Å². The number of amides is 1. The number of benzene rings is 3. The number of aromatic nitrogens is 1. The first kappa shape index (κ1) is 23.4. The van der Waals surface area contributed by atoms with E-state index >= 15 is 0 Å². The molecule has 0 aliphatic heterocycles. The van der Waals surface area contributed by atoms with E-state index in [1.54, 1.807) is 79.7 Å². The van der Waals surface area contributed by atoms with Gasteiger partial charge in [-0.05, 0) is 42.3 Å². The minimum absolute atomic E-state index is 0.230. The van der Waals surface area contributed by atoms with Gasteiger partial charge in [0.25, 0.3) is 5.91 Å². The van der Waals surface area contributed by atoms with Crippen molar-refractivity contribution in [1.82, 2.24) is 5.16 Å². The lowest BCUT2D eigenvalue weighted by Gasteiger charge is -2.17. The van der Waals surface area contributed by atoms with Crippen LogP contribution in [0.25, 0.3) is 11.1 Å². The minimum atomic E-state index is -1.19. The molecule has 4 aromatic rings. The predicted molar refractivity (Wildman–Crippen MR) is 128 cm³/mol. The zero-order valence-corrected chi connectivity index (χ0v) is 19.1. The molecule has 0 saturated heterocycles. The molecule has 8 nitrogen and oxygen atoms in total. The Kier molecular flexibility index (Phi) is 7.02. The quantitative estimate of drug-likeness (QED) is 0.295. The molecule has 1 amide bonds. The highest BCUT2D eigenvalue weighted by molar-refractivity contribution is 5.97. The van der Waals surface area contributed by atoms with Crippen LogP contribution in [0.5, 0.6) is 5.75 Å². The Hall–Kier alpha value is -4.72. The Labute approximate surface area is 201 Å². The summed E-state index contributed by atoms with van der Waals surface area (Å²) in [5, 5.41) is 6.37. The third-order valence-electron chi connectivity index (χ3n) is 5.01. The van der Waals surface area contributed by atoms with Crippen molar-refractivity contribution in [3.05, 3.63) is 102 Å². The summed E-state index contributed by atoms with van der Waals surface area (Å²) in [6.07, 6.45) is -1.19. The first-order valence-electron chi connectivity index (χ1n) is 10.8. The lowest BCUT2D eigenvalue weighted by atomic mass is 10.0. The number of carbonyl (C=O) groups is 3. The molecule has 1 N–H and O–H groups in total. The van der Waals surface area contributed by atoms with Crippen molar-refractivity contribution in [2.45, 2.75) is 20.0 Å². The van der Waals surface area contributed by atoms with Crippen LogP contribution in [0.15, 0.2) is 89.5 Å². The maximum Gasteiger partial charge on any atom is 0.339 e. The van der Waals surface area contributed by atoms with E-state index in [1.807, 2.05) is 12.1 Å². The maximum atomic E-state index is 12.9. The fourth-order valence-electron chi connectivity index (χ4n) is 3.37. The zero-order valence-electron chi connectivity index (χ0n) is 19.1. The van der Waals surface area contributed by atoms with Crippen LogP contribution in [-0.2, 0) is 14.3 Å². The molecule has 8 heteroatoms. The van der Waals surface area contributed by atoms with Crippen LogP contribution < -0.4 is 10.1 Å². The second kappa shape index (κ2) is 10.5. The van der Waals surface area contributed by atoms with Crippen molar-refractivity contribution in [3.63, 3.8) is 0 Å². The number of esters is 2. The molecule has 0 saturated carbocycles. The highest BCUT2D eigenvalue weighted by Crippen LogP contribution is 2.25. The van der Waals surface area contributed by atoms with Crippen molar-refractivity contribution in [3.8, 4) is 16.9 Å². The number of aryl methyl sites for hydroxylation is 1. The second-order valence-electron chi connectivity index (χ2n) is 7.70. The van der Waals surface area contributed by atoms with Gasteiger partial charge >= 0.3 is 11.9 Å². The summed E-state index contributed by atoms with van der Waals surface area (Å²) in [5.41, 5.74) is 2.54. The first-order valence-corrected chi connectivity index (χ1v) is 10.8. The molecule has 0 bridgehead atoms. The molecule has 1 unspecified atom stereocenters. The number of hydrogen-bond donors (Lipinski definition) is 1. The summed E-state index contributed by atoms with van der Waals surface area (Å²) < 4.78 is 15.6. The summed E-state index contributed by atoms with van der Waals surface area (Å²) in [7, 11) is 0. The lowest BCUT2D eigenvalue weighted by molar-refractivity contribution is -0.131. The molecule has 1 aromatic heterocycles. The number of ether oxygens (including phenoxy) is 2. The van der Waals surface area contributed by atoms with Gasteiger partial charge in [-0.2, -0.15) is 0 Å². The molecule has 0 spiro atoms. The van der Waals surface area contributed by atoms with Gasteiger partial charge in [-0.25, -0.2) is 4.79 Å². The van der Waals surface area contributed by atoms with Crippen molar-refractivity contribution in [2.24, 2.45) is 0 Å². The van der Waals surface area contributed by atoms with Crippen molar-refractivity contribution in [2.75, 3.05) is 5.32 Å². The van der Waals surface area contributed by atoms with E-state index in [4.69, 9.17) is 14.0 Å². The third kappa shape index (κ3) is 6.00. The Morgan fingerprint density at radius 3 is 2.09 bits per heavy atom. The van der Waals surface area contributed by atoms with E-state index in [2.05, 4.69) is 10.5 Å². The molecule has 0 radical (unpaired) electrons. The van der Waals surface area contributed by atoms with Gasteiger partial charge in [0, 0.05) is 18.6 Å². The normalized spacial score (nSPS) is 11.4. The minimum Gasteiger partial charge on any atom is -0.444 e. The number of nitrogens with one attached hydrogen (secondary N) is 1. The smallest absolute Gasteiger partial charge is 0.339 e. The molecule has 35 heavy (non-hydrogen) atoms. The summed E-state index contributed by atoms with van der Waals surface area (Å²) in [5.74, 6) is -0.376. The van der Waals surface area contributed by atoms with Crippen LogP contribution in [0.4, 0.5) is 5.82 Å². The van der Waals surface area contributed by atoms with Gasteiger partial charge in [-0.1, -0.05) is 59.8 Å². The Balaban J connectivity index is 1.49. The Bertz CT molecular complexity index is 1330. The molecule has 1 atom stereocenters. The maximum absolute atomic E-state index is 12.9. The van der Waals surface area contributed by atoms with E-state index in [0.717, 1.165) is 11.1 Å². The summed E-state index contributed by atoms with van der Waals surface area (Å²) in [6, 6.07) is 24.1. The Morgan fingerprint density at radius 1 is 0.886 bits per heavy atom. The number of hydrogen-bond acceptors (Lipinski definition) is 7. The van der Waals surface area contributed by atoms with Gasteiger partial charge in [0.15, 0.2) is 5.82 Å². The topological polar surface area (TPSA) is 108 Å². The first-order chi connectivity index (χ1) is 16.9. The Morgan fingerprint density at radius 2 is 1.51 bits per heavy atom. The molecule has 0 aliphatic rings. The zero-order chi connectivity index (χ0) is 24.8. The van der Waals surface area contributed by atoms with Crippen LogP contribution in [-0.4, -0.2) is 23.0 Å². The second-order valence-corrected chi connectivity index (χ2v) is 7.70. The largest absolute Gasteiger partial charge is 0.444 e. The van der Waals surface area contributed by atoms with Crippen molar-refractivity contribution in [1.29, 1.82) is 0 Å². The van der Waals surface area contributed by atoms with Gasteiger partial charge in [-0.15, -0.1) is 0 Å². The van der Waals surface area contributed by atoms with E-state index in [9.17, 15) is 14.4 Å². The monoisotopic (exact) mass is 470 g/mol. The molecule has 0 aliphatic carbocycles. The van der Waals surface area contributed by atoms with Crippen molar-refractivity contribution < 1.29 is 28.4 Å². The van der Waals surface area contributed by atoms with Gasteiger partial charge in [-0.3, -0.25) is 9.59 Å². The lowest BCUT2D eigenvalue weighted by Crippen LogP contribution is -2.26. The average molecular weight is 470 g/mol. The predicted octanol–water partition coefficient (Wildman–Crippen LogP) is 5.11. The van der Waals surface area contributed by atoms with Gasteiger partial charge in [0.1, 0.15) is 11.5 Å². The van der Waals surface area contributed by atoms with E-state index in [0.29, 0.717) is 17.1 Å². The molecule has 176 valence electrons. The van der Waals surface area contributed by atoms with E-state index in [1.165, 1.54) is 6.92 Å². The summed E-state index contributed by atoms with van der Waals surface area (Å²) in [6.45, 7) is 3.04. The SMILES string of the molecule is CC(=O)Oc1ccc(-c2ccc(C(=O)OC(C(=O)Nc3cc(C)on3)c3ccccc3)cc2)cc1. The van der Waals surface area contributed by atoms with E-state index < -0.39 is 18.0 Å². The number of carbonyl (C=O) groups excluding carboxylic acids is 3. The molecule has 3 aromatic carbocycles. The molecular formula is C27H22N2O6. The van der Waals surface area contributed by atoms with Gasteiger partial charge in [0.2, 0.25) is 6.10 Å². The highest BCUT2D eigenvalue weighted by Gasteiger charge is 2.26. The third-order valence-corrected chi connectivity index (χ3v) is 5.01. The van der Waals surface area contributed by atoms with Crippen LogP contribution in [0.2, 0.25) is 0 Å². The fourth-order valence-corrected chi connectivity index (χ4v) is 3.37. The molecule has 0 fully saturated rings. The van der Waals surface area contributed by atoms with Gasteiger partial charge < -0.3 is 19.3 Å². The number of nitrogens with zero attached hydrogens (tertiary/aromatic N) is 1. The average Bonchev–Trinajstić information content (AvgIpc) is 3.27. The fraction of sp³-hybridized carbons (Fsp3) is 0.111. The summed E-state index contributed by atoms with van der Waals surface area (Å²) in [4.78, 5) is 36.9. The molecular weight excluding hydrogens is 448 g/mol. The van der Waals surface area contributed by atoms with Crippen LogP contribution >= 0.6 is 0 Å². The van der Waals surface area contributed by atoms with Crippen molar-refractivity contribution >= 4 is 23.7 Å². The van der Waals surface area contributed by atoms with E-state index in [-0.39, 0.29) is 17.4 Å². The number of rotatable bonds is 7. The summed E-state index contributed by atoms with van der Waals surface area (Å²) >= 11 is 0. The van der Waals surface area contributed by atoms with Crippen LogP contribution in [0.1, 0.15) is 34.7 Å². The van der Waals surface area contributed by atoms with Crippen LogP contribution in [0.3, 0.4) is 0 Å².